The Bertz CT molecular complexity index is 301. The summed E-state index contributed by atoms with van der Waals surface area (Å²) in [5, 5.41) is 0. The van der Waals surface area contributed by atoms with Gasteiger partial charge in [-0.2, -0.15) is 13.2 Å². The average Bonchev–Trinajstić information content (AvgIpc) is 2.74. The van der Waals surface area contributed by atoms with Gasteiger partial charge in [0.1, 0.15) is 0 Å². The van der Waals surface area contributed by atoms with Crippen LogP contribution in [0.2, 0.25) is 0 Å². The number of hydrogen-bond acceptors (Lipinski definition) is 0. The van der Waals surface area contributed by atoms with Gasteiger partial charge in [-0.25, -0.2) is 0 Å². The smallest absolute Gasteiger partial charge is 0.170 e. The van der Waals surface area contributed by atoms with E-state index >= 15 is 0 Å². The van der Waals surface area contributed by atoms with Crippen molar-refractivity contribution in [3.63, 3.8) is 0 Å². The topological polar surface area (TPSA) is 0 Å². The monoisotopic (exact) mass is 248 g/mol. The van der Waals surface area contributed by atoms with E-state index < -0.39 is 11.6 Å². The van der Waals surface area contributed by atoms with Gasteiger partial charge in [0.2, 0.25) is 0 Å². The Balaban J connectivity index is 2.14. The SMILES string of the molecule is CC(C)C1(C)CC1[C@@H](C)C1(C(F)(F)F)CCC1. The van der Waals surface area contributed by atoms with Crippen LogP contribution in [-0.4, -0.2) is 6.18 Å². The highest BCUT2D eigenvalue weighted by Crippen LogP contribution is 2.69. The Labute approximate surface area is 102 Å². The normalized spacial score (nSPS) is 37.8. The molecule has 0 spiro atoms. The minimum absolute atomic E-state index is 0.146. The molecule has 0 amide bonds. The number of hydrogen-bond donors (Lipinski definition) is 0. The minimum Gasteiger partial charge on any atom is -0.170 e. The van der Waals surface area contributed by atoms with Crippen LogP contribution in [0.15, 0.2) is 0 Å². The van der Waals surface area contributed by atoms with E-state index in [2.05, 4.69) is 20.8 Å². The Kier molecular flexibility index (Phi) is 2.83. The molecule has 0 aromatic heterocycles. The molecule has 0 nitrogen and oxygen atoms in total. The van der Waals surface area contributed by atoms with Gasteiger partial charge in [-0.15, -0.1) is 0 Å². The van der Waals surface area contributed by atoms with Crippen LogP contribution in [0.4, 0.5) is 13.2 Å². The maximum atomic E-state index is 13.2. The van der Waals surface area contributed by atoms with E-state index in [0.717, 1.165) is 12.8 Å². The van der Waals surface area contributed by atoms with Crippen LogP contribution in [-0.2, 0) is 0 Å². The highest BCUT2D eigenvalue weighted by atomic mass is 19.4. The molecule has 0 radical (unpaired) electrons. The zero-order chi connectivity index (χ0) is 13.1. The Morgan fingerprint density at radius 3 is 1.88 bits per heavy atom. The fourth-order valence-electron chi connectivity index (χ4n) is 3.77. The highest BCUT2D eigenvalue weighted by Gasteiger charge is 2.67. The van der Waals surface area contributed by atoms with Gasteiger partial charge in [-0.05, 0) is 42.4 Å². The molecule has 2 aliphatic rings. The fourth-order valence-corrected chi connectivity index (χ4v) is 3.77. The van der Waals surface area contributed by atoms with Crippen LogP contribution in [0.3, 0.4) is 0 Å². The molecule has 0 heterocycles. The molecular weight excluding hydrogens is 225 g/mol. The van der Waals surface area contributed by atoms with E-state index in [1.54, 1.807) is 0 Å². The maximum Gasteiger partial charge on any atom is 0.394 e. The van der Waals surface area contributed by atoms with Gasteiger partial charge in [0, 0.05) is 0 Å². The molecule has 17 heavy (non-hydrogen) atoms. The van der Waals surface area contributed by atoms with Crippen LogP contribution in [0.1, 0.15) is 53.4 Å². The van der Waals surface area contributed by atoms with Crippen molar-refractivity contribution in [2.24, 2.45) is 28.6 Å². The largest absolute Gasteiger partial charge is 0.394 e. The lowest BCUT2D eigenvalue weighted by molar-refractivity contribution is -0.272. The van der Waals surface area contributed by atoms with Crippen LogP contribution in [0.25, 0.3) is 0 Å². The van der Waals surface area contributed by atoms with Crippen LogP contribution < -0.4 is 0 Å². The predicted molar refractivity (Wildman–Crippen MR) is 62.6 cm³/mol. The third-order valence-corrected chi connectivity index (χ3v) is 5.95. The lowest BCUT2D eigenvalue weighted by Crippen LogP contribution is -2.49. The molecule has 2 unspecified atom stereocenters. The van der Waals surface area contributed by atoms with E-state index in [-0.39, 0.29) is 17.3 Å². The summed E-state index contributed by atoms with van der Waals surface area (Å²) in [6, 6.07) is 0. The van der Waals surface area contributed by atoms with Crippen molar-refractivity contribution in [1.82, 2.24) is 0 Å². The molecular formula is C14H23F3. The first-order valence-corrected chi connectivity index (χ1v) is 6.72. The van der Waals surface area contributed by atoms with Gasteiger partial charge in [0.25, 0.3) is 0 Å². The highest BCUT2D eigenvalue weighted by molar-refractivity contribution is 5.10. The van der Waals surface area contributed by atoms with Crippen molar-refractivity contribution in [1.29, 1.82) is 0 Å². The molecule has 0 saturated heterocycles. The number of alkyl halides is 3. The fraction of sp³-hybridized carbons (Fsp3) is 1.00. The van der Waals surface area contributed by atoms with Crippen molar-refractivity contribution < 1.29 is 13.2 Å². The summed E-state index contributed by atoms with van der Waals surface area (Å²) < 4.78 is 39.7. The predicted octanol–water partition coefficient (Wildman–Crippen LogP) is 5.04. The summed E-state index contributed by atoms with van der Waals surface area (Å²) in [5.74, 6) is 0.549. The first kappa shape index (κ1) is 13.2. The zero-order valence-electron chi connectivity index (χ0n) is 11.2. The molecule has 0 aromatic rings. The van der Waals surface area contributed by atoms with E-state index in [4.69, 9.17) is 0 Å². The second kappa shape index (κ2) is 3.64. The van der Waals surface area contributed by atoms with Gasteiger partial charge in [-0.3, -0.25) is 0 Å². The molecule has 0 aliphatic heterocycles. The Morgan fingerprint density at radius 1 is 1.12 bits per heavy atom. The molecule has 2 fully saturated rings. The number of halogens is 3. The van der Waals surface area contributed by atoms with Crippen molar-refractivity contribution in [2.45, 2.75) is 59.6 Å². The van der Waals surface area contributed by atoms with E-state index in [1.165, 1.54) is 0 Å². The first-order chi connectivity index (χ1) is 7.65. The summed E-state index contributed by atoms with van der Waals surface area (Å²) in [7, 11) is 0. The molecule has 0 aromatic carbocycles. The van der Waals surface area contributed by atoms with E-state index in [1.807, 2.05) is 6.92 Å². The second-order valence-corrected chi connectivity index (χ2v) is 6.77. The van der Waals surface area contributed by atoms with Crippen LogP contribution in [0, 0.1) is 28.6 Å². The van der Waals surface area contributed by atoms with Gasteiger partial charge in [0.05, 0.1) is 5.41 Å². The van der Waals surface area contributed by atoms with Crippen molar-refractivity contribution >= 4 is 0 Å². The molecule has 0 bridgehead atoms. The second-order valence-electron chi connectivity index (χ2n) is 6.77. The quantitative estimate of drug-likeness (QED) is 0.656. The average molecular weight is 248 g/mol. The number of rotatable bonds is 3. The van der Waals surface area contributed by atoms with Crippen molar-refractivity contribution in [3.05, 3.63) is 0 Å². The molecule has 3 atom stereocenters. The molecule has 2 saturated carbocycles. The van der Waals surface area contributed by atoms with Gasteiger partial charge >= 0.3 is 6.18 Å². The molecule has 3 heteroatoms. The summed E-state index contributed by atoms with van der Waals surface area (Å²) in [4.78, 5) is 0. The molecule has 2 rings (SSSR count). The maximum absolute atomic E-state index is 13.2. The third-order valence-electron chi connectivity index (χ3n) is 5.95. The van der Waals surface area contributed by atoms with E-state index in [0.29, 0.717) is 18.8 Å². The van der Waals surface area contributed by atoms with Gasteiger partial charge in [0.15, 0.2) is 0 Å². The lowest BCUT2D eigenvalue weighted by atomic mass is 9.58. The zero-order valence-corrected chi connectivity index (χ0v) is 11.2. The standard InChI is InChI=1S/C14H23F3/c1-9(2)12(4)8-11(12)10(3)13(6-5-7-13)14(15,16)17/h9-11H,5-8H2,1-4H3/t10-,11?,12?/m1/s1. The van der Waals surface area contributed by atoms with Crippen molar-refractivity contribution in [3.8, 4) is 0 Å². The third kappa shape index (κ3) is 1.72. The summed E-state index contributed by atoms with van der Waals surface area (Å²) >= 11 is 0. The van der Waals surface area contributed by atoms with Gasteiger partial charge < -0.3 is 0 Å². The van der Waals surface area contributed by atoms with E-state index in [9.17, 15) is 13.2 Å². The summed E-state index contributed by atoms with van der Waals surface area (Å²) in [6.45, 7) is 8.26. The van der Waals surface area contributed by atoms with Crippen molar-refractivity contribution in [2.75, 3.05) is 0 Å². The first-order valence-electron chi connectivity index (χ1n) is 6.72. The molecule has 0 N–H and O–H groups in total. The molecule has 100 valence electrons. The van der Waals surface area contributed by atoms with Gasteiger partial charge in [-0.1, -0.05) is 34.1 Å². The Hall–Kier alpha value is -0.210. The summed E-state index contributed by atoms with van der Waals surface area (Å²) in [5.41, 5.74) is -1.21. The molecule has 2 aliphatic carbocycles. The van der Waals surface area contributed by atoms with Crippen LogP contribution in [0.5, 0.6) is 0 Å². The Morgan fingerprint density at radius 2 is 1.65 bits per heavy atom. The lowest BCUT2D eigenvalue weighted by Gasteiger charge is -2.48. The summed E-state index contributed by atoms with van der Waals surface area (Å²) in [6.07, 6.45) is -1.59. The minimum atomic E-state index is -4.01. The van der Waals surface area contributed by atoms with Crippen LogP contribution >= 0.6 is 0 Å².